The smallest absolute Gasteiger partial charge is 0.297 e. The summed E-state index contributed by atoms with van der Waals surface area (Å²) in [6, 6.07) is 10.8. The molecule has 2 aromatic carbocycles. The highest BCUT2D eigenvalue weighted by atomic mass is 32.2. The highest BCUT2D eigenvalue weighted by Crippen LogP contribution is 2.27. The molecule has 0 unspecified atom stereocenters. The van der Waals surface area contributed by atoms with Crippen LogP contribution in [-0.2, 0) is 14.3 Å². The van der Waals surface area contributed by atoms with Crippen molar-refractivity contribution in [1.82, 2.24) is 0 Å². The minimum absolute atomic E-state index is 0.00760. The molecule has 0 bridgehead atoms. The van der Waals surface area contributed by atoms with Gasteiger partial charge in [-0.25, -0.2) is 0 Å². The monoisotopic (exact) mass is 350 g/mol. The number of rotatable bonds is 7. The van der Waals surface area contributed by atoms with Crippen LogP contribution in [0.1, 0.15) is 15.9 Å². The van der Waals surface area contributed by atoms with Crippen molar-refractivity contribution in [2.75, 3.05) is 20.8 Å². The first kappa shape index (κ1) is 18.0. The Kier molecular flexibility index (Phi) is 5.58. The third kappa shape index (κ3) is 4.12. The fraction of sp³-hybridized carbons (Fsp3) is 0.235. The molecule has 2 aromatic rings. The normalized spacial score (nSPS) is 11.1. The number of hydrogen-bond donors (Lipinski definition) is 0. The SMILES string of the molecule is COc1ccc(C(=O)COS(=O)(=O)c2ccc(C)cc2)cc1OC. The Morgan fingerprint density at radius 1 is 0.958 bits per heavy atom. The number of carbonyl (C=O) groups excluding carboxylic acids is 1. The maximum absolute atomic E-state index is 12.2. The first-order valence-corrected chi connectivity index (χ1v) is 8.49. The van der Waals surface area contributed by atoms with Crippen molar-refractivity contribution in [2.24, 2.45) is 0 Å². The van der Waals surface area contributed by atoms with Crippen LogP contribution in [0.25, 0.3) is 0 Å². The Hall–Kier alpha value is -2.38. The van der Waals surface area contributed by atoms with Crippen molar-refractivity contribution < 1.29 is 26.9 Å². The summed E-state index contributed by atoms with van der Waals surface area (Å²) in [5.41, 5.74) is 1.20. The van der Waals surface area contributed by atoms with E-state index >= 15 is 0 Å². The van der Waals surface area contributed by atoms with Crippen LogP contribution in [0.4, 0.5) is 0 Å². The predicted octanol–water partition coefficient (Wildman–Crippen LogP) is 2.60. The van der Waals surface area contributed by atoms with Gasteiger partial charge >= 0.3 is 0 Å². The second-order valence-corrected chi connectivity index (χ2v) is 6.64. The number of carbonyl (C=O) groups is 1. The van der Waals surface area contributed by atoms with Gasteiger partial charge in [-0.05, 0) is 37.3 Å². The molecule has 0 amide bonds. The second-order valence-electron chi connectivity index (χ2n) is 5.02. The molecule has 0 aliphatic heterocycles. The molecular formula is C17H18O6S. The van der Waals surface area contributed by atoms with E-state index in [4.69, 9.17) is 13.7 Å². The van der Waals surface area contributed by atoms with E-state index in [0.717, 1.165) is 5.56 Å². The van der Waals surface area contributed by atoms with Crippen LogP contribution in [0.2, 0.25) is 0 Å². The van der Waals surface area contributed by atoms with Crippen LogP contribution < -0.4 is 9.47 Å². The summed E-state index contributed by atoms with van der Waals surface area (Å²) in [7, 11) is -1.05. The highest BCUT2D eigenvalue weighted by molar-refractivity contribution is 7.86. The van der Waals surface area contributed by atoms with Crippen molar-refractivity contribution in [2.45, 2.75) is 11.8 Å². The number of hydrogen-bond acceptors (Lipinski definition) is 6. The minimum Gasteiger partial charge on any atom is -0.493 e. The van der Waals surface area contributed by atoms with E-state index < -0.39 is 22.5 Å². The van der Waals surface area contributed by atoms with Gasteiger partial charge < -0.3 is 9.47 Å². The molecule has 0 saturated carbocycles. The zero-order chi connectivity index (χ0) is 17.7. The summed E-state index contributed by atoms with van der Waals surface area (Å²) in [6.45, 7) is 1.25. The number of methoxy groups -OCH3 is 2. The van der Waals surface area contributed by atoms with Crippen LogP contribution in [0.3, 0.4) is 0 Å². The number of Topliss-reactive ketones (excluding diaryl/α,β-unsaturated/α-hetero) is 1. The zero-order valence-electron chi connectivity index (χ0n) is 13.6. The molecule has 2 rings (SSSR count). The molecule has 0 fully saturated rings. The van der Waals surface area contributed by atoms with Crippen molar-refractivity contribution in [3.8, 4) is 11.5 Å². The standard InChI is InChI=1S/C17H18O6S/c1-12-4-7-14(8-5-12)24(19,20)23-11-15(18)13-6-9-16(21-2)17(10-13)22-3/h4-10H,11H2,1-3H3. The number of aryl methyl sites for hydroxylation is 1. The van der Waals surface area contributed by atoms with E-state index in [2.05, 4.69) is 0 Å². The molecule has 0 spiro atoms. The third-order valence-corrected chi connectivity index (χ3v) is 4.64. The van der Waals surface area contributed by atoms with Crippen molar-refractivity contribution >= 4 is 15.9 Å². The molecule has 7 heteroatoms. The van der Waals surface area contributed by atoms with E-state index in [1.807, 2.05) is 6.92 Å². The summed E-state index contributed by atoms with van der Waals surface area (Å²) < 4.78 is 39.2. The average Bonchev–Trinajstić information content (AvgIpc) is 2.59. The average molecular weight is 350 g/mol. The van der Waals surface area contributed by atoms with Gasteiger partial charge in [-0.15, -0.1) is 0 Å². The summed E-state index contributed by atoms with van der Waals surface area (Å²) in [5.74, 6) is 0.374. The molecular weight excluding hydrogens is 332 g/mol. The van der Waals surface area contributed by atoms with Crippen LogP contribution >= 0.6 is 0 Å². The molecule has 0 aliphatic rings. The second kappa shape index (κ2) is 7.46. The van der Waals surface area contributed by atoms with Gasteiger partial charge in [-0.2, -0.15) is 8.42 Å². The lowest BCUT2D eigenvalue weighted by molar-refractivity contribution is 0.0924. The molecule has 0 radical (unpaired) electrons. The fourth-order valence-electron chi connectivity index (χ4n) is 2.00. The lowest BCUT2D eigenvalue weighted by Crippen LogP contribution is -2.15. The van der Waals surface area contributed by atoms with Gasteiger partial charge in [-0.1, -0.05) is 17.7 Å². The molecule has 24 heavy (non-hydrogen) atoms. The highest BCUT2D eigenvalue weighted by Gasteiger charge is 2.18. The summed E-state index contributed by atoms with van der Waals surface area (Å²) in [4.78, 5) is 12.2. The topological polar surface area (TPSA) is 78.9 Å². The molecule has 0 aromatic heterocycles. The predicted molar refractivity (Wildman–Crippen MR) is 88.2 cm³/mol. The van der Waals surface area contributed by atoms with Crippen LogP contribution in [0.5, 0.6) is 11.5 Å². The van der Waals surface area contributed by atoms with Crippen molar-refractivity contribution in [3.05, 3.63) is 53.6 Å². The van der Waals surface area contributed by atoms with Gasteiger partial charge in [0.1, 0.15) is 6.61 Å². The van der Waals surface area contributed by atoms with Crippen molar-refractivity contribution in [1.29, 1.82) is 0 Å². The van der Waals surface area contributed by atoms with Gasteiger partial charge in [0.05, 0.1) is 19.1 Å². The van der Waals surface area contributed by atoms with Gasteiger partial charge in [0.25, 0.3) is 10.1 Å². The first-order chi connectivity index (χ1) is 11.4. The van der Waals surface area contributed by atoms with Gasteiger partial charge in [0, 0.05) is 5.56 Å². The summed E-state index contributed by atoms with van der Waals surface area (Å²) >= 11 is 0. The zero-order valence-corrected chi connectivity index (χ0v) is 14.4. The molecule has 6 nitrogen and oxygen atoms in total. The molecule has 0 aliphatic carbocycles. The lowest BCUT2D eigenvalue weighted by Gasteiger charge is -2.09. The third-order valence-electron chi connectivity index (χ3n) is 3.36. The Morgan fingerprint density at radius 2 is 1.58 bits per heavy atom. The lowest BCUT2D eigenvalue weighted by atomic mass is 10.1. The Balaban J connectivity index is 2.11. The van der Waals surface area contributed by atoms with Crippen molar-refractivity contribution in [3.63, 3.8) is 0 Å². The molecule has 128 valence electrons. The Bertz CT molecular complexity index is 825. The van der Waals surface area contributed by atoms with Crippen LogP contribution in [0.15, 0.2) is 47.4 Å². The van der Waals surface area contributed by atoms with E-state index in [1.165, 1.54) is 38.5 Å². The van der Waals surface area contributed by atoms with Gasteiger partial charge in [-0.3, -0.25) is 8.98 Å². The summed E-state index contributed by atoms with van der Waals surface area (Å²) in [6.07, 6.45) is 0. The molecule has 0 heterocycles. The van der Waals surface area contributed by atoms with Crippen LogP contribution in [0, 0.1) is 6.92 Å². The maximum Gasteiger partial charge on any atom is 0.297 e. The maximum atomic E-state index is 12.2. The van der Waals surface area contributed by atoms with E-state index in [9.17, 15) is 13.2 Å². The van der Waals surface area contributed by atoms with Gasteiger partial charge in [0.15, 0.2) is 17.3 Å². The number of ketones is 1. The first-order valence-electron chi connectivity index (χ1n) is 7.08. The number of ether oxygens (including phenoxy) is 2. The van der Waals surface area contributed by atoms with E-state index in [1.54, 1.807) is 18.2 Å². The Labute approximate surface area is 141 Å². The van der Waals surface area contributed by atoms with E-state index in [0.29, 0.717) is 11.5 Å². The van der Waals surface area contributed by atoms with Crippen LogP contribution in [-0.4, -0.2) is 35.0 Å². The van der Waals surface area contributed by atoms with Gasteiger partial charge in [0.2, 0.25) is 0 Å². The molecule has 0 N–H and O–H groups in total. The summed E-state index contributed by atoms with van der Waals surface area (Å²) in [5, 5.41) is 0. The fourth-order valence-corrected chi connectivity index (χ4v) is 2.86. The molecule has 0 saturated heterocycles. The number of benzene rings is 2. The minimum atomic E-state index is -3.99. The van der Waals surface area contributed by atoms with E-state index in [-0.39, 0.29) is 10.5 Å². The largest absolute Gasteiger partial charge is 0.493 e. The quantitative estimate of drug-likeness (QED) is 0.564. The Morgan fingerprint density at radius 3 is 2.17 bits per heavy atom. The molecule has 0 atom stereocenters.